The number of benzene rings is 4. The number of hydrogen-bond donors (Lipinski definition) is 0. The van der Waals surface area contributed by atoms with Crippen LogP contribution in [-0.2, 0) is 0 Å². The van der Waals surface area contributed by atoms with Crippen LogP contribution in [0.1, 0.15) is 150 Å². The Bertz CT molecular complexity index is 1840. The van der Waals surface area contributed by atoms with Crippen molar-refractivity contribution >= 4 is 18.5 Å². The Balaban J connectivity index is 1.31. The van der Waals surface area contributed by atoms with Crippen LogP contribution < -0.4 is 0 Å². The summed E-state index contributed by atoms with van der Waals surface area (Å²) in [5.41, 5.74) is 17.8. The standard InChI is InChI=1S/C52H62Si/c1-7-35(3)39-23-27-41(28-24-39)47-21-13-19-43-33-45(31-37-15-9-10-16-37)51(49(43)47)53(5,6)52-46(32-38-17-11-12-18-38)34-44-20-14-22-48(50(44)52)42-29-25-40(26-30-42)36(4)8-2/h13-14,19-30,33-38H,7-12,15-18,31-32H2,1-6H3. The van der Waals surface area contributed by atoms with Crippen molar-refractivity contribution in [2.24, 2.45) is 11.8 Å². The van der Waals surface area contributed by atoms with E-state index in [1.807, 2.05) is 0 Å². The molecule has 0 bridgehead atoms. The molecule has 8 rings (SSSR count). The molecule has 4 aromatic rings. The molecule has 274 valence electrons. The topological polar surface area (TPSA) is 0 Å². The van der Waals surface area contributed by atoms with E-state index in [-0.39, 0.29) is 0 Å². The summed E-state index contributed by atoms with van der Waals surface area (Å²) in [5.74, 6) is 2.79. The number of hydrogen-bond acceptors (Lipinski definition) is 0. The van der Waals surface area contributed by atoms with Gasteiger partial charge in [-0.2, -0.15) is 0 Å². The molecule has 0 nitrogen and oxygen atoms in total. The first-order chi connectivity index (χ1) is 25.8. The largest absolute Gasteiger partial charge is 0.113 e. The molecule has 2 saturated carbocycles. The van der Waals surface area contributed by atoms with Gasteiger partial charge in [-0.25, -0.2) is 0 Å². The molecule has 0 aromatic heterocycles. The van der Waals surface area contributed by atoms with Crippen LogP contribution in [0.25, 0.3) is 32.6 Å². The average molecular weight is 715 g/mol. The lowest BCUT2D eigenvalue weighted by molar-refractivity contribution is 0.547. The average Bonchev–Trinajstić information content (AvgIpc) is 4.01. The lowest BCUT2D eigenvalue weighted by atomic mass is 9.93. The van der Waals surface area contributed by atoms with E-state index in [4.69, 9.17) is 0 Å². The predicted octanol–water partition coefficient (Wildman–Crippen LogP) is 15.3. The summed E-state index contributed by atoms with van der Waals surface area (Å²) < 4.78 is 0. The van der Waals surface area contributed by atoms with Crippen LogP contribution in [0, 0.1) is 24.7 Å². The van der Waals surface area contributed by atoms with Gasteiger partial charge < -0.3 is 0 Å². The normalized spacial score (nSPS) is 19.0. The smallest absolute Gasteiger partial charge is 0.0648 e. The summed E-state index contributed by atoms with van der Waals surface area (Å²) in [6, 6.07) is 33.6. The highest BCUT2D eigenvalue weighted by molar-refractivity contribution is 7.09. The number of rotatable bonds is 12. The Kier molecular flexibility index (Phi) is 10.6. The maximum absolute atomic E-state index is 2.73. The summed E-state index contributed by atoms with van der Waals surface area (Å²) in [7, 11) is -2.31. The van der Waals surface area contributed by atoms with Crippen LogP contribution in [0.2, 0.25) is 13.1 Å². The summed E-state index contributed by atoms with van der Waals surface area (Å²) in [6.45, 7) is 14.8. The van der Waals surface area contributed by atoms with Crippen LogP contribution in [-0.4, -0.2) is 8.07 Å². The van der Waals surface area contributed by atoms with Gasteiger partial charge in [0.1, 0.15) is 8.07 Å². The molecule has 2 radical (unpaired) electrons. The predicted molar refractivity (Wildman–Crippen MR) is 232 cm³/mol. The van der Waals surface area contributed by atoms with Gasteiger partial charge in [0, 0.05) is 12.8 Å². The van der Waals surface area contributed by atoms with Gasteiger partial charge in [-0.15, -0.1) is 0 Å². The van der Waals surface area contributed by atoms with Crippen molar-refractivity contribution in [2.75, 3.05) is 0 Å². The molecule has 4 aliphatic rings. The number of allylic oxidation sites excluding steroid dienone is 2. The van der Waals surface area contributed by atoms with Gasteiger partial charge in [-0.3, -0.25) is 0 Å². The van der Waals surface area contributed by atoms with Gasteiger partial charge in [0.2, 0.25) is 0 Å². The summed E-state index contributed by atoms with van der Waals surface area (Å²) in [4.78, 5) is 0. The van der Waals surface area contributed by atoms with E-state index in [0.717, 1.165) is 11.8 Å². The Morgan fingerprint density at radius 2 is 0.906 bits per heavy atom. The quantitative estimate of drug-likeness (QED) is 0.128. The van der Waals surface area contributed by atoms with Crippen molar-refractivity contribution in [1.29, 1.82) is 0 Å². The van der Waals surface area contributed by atoms with Crippen molar-refractivity contribution < 1.29 is 0 Å². The van der Waals surface area contributed by atoms with Gasteiger partial charge in [0.05, 0.1) is 0 Å². The van der Waals surface area contributed by atoms with E-state index < -0.39 is 8.07 Å². The first-order valence-corrected chi connectivity index (χ1v) is 24.4. The van der Waals surface area contributed by atoms with Crippen LogP contribution in [0.3, 0.4) is 0 Å². The first-order valence-electron chi connectivity index (χ1n) is 21.4. The zero-order chi connectivity index (χ0) is 36.7. The summed E-state index contributed by atoms with van der Waals surface area (Å²) >= 11 is 0. The lowest BCUT2D eigenvalue weighted by Crippen LogP contribution is -2.32. The van der Waals surface area contributed by atoms with Gasteiger partial charge in [0.25, 0.3) is 0 Å². The van der Waals surface area contributed by atoms with Gasteiger partial charge in [-0.05, 0) is 115 Å². The van der Waals surface area contributed by atoms with Crippen molar-refractivity contribution in [3.63, 3.8) is 0 Å². The maximum atomic E-state index is 2.73. The highest BCUT2D eigenvalue weighted by atomic mass is 28.3. The van der Waals surface area contributed by atoms with E-state index in [1.165, 1.54) is 122 Å². The molecule has 4 aliphatic carbocycles. The minimum absolute atomic E-state index is 0.586. The molecule has 53 heavy (non-hydrogen) atoms. The van der Waals surface area contributed by atoms with Crippen molar-refractivity contribution in [1.82, 2.24) is 0 Å². The van der Waals surface area contributed by atoms with Gasteiger partial charge >= 0.3 is 0 Å². The van der Waals surface area contributed by atoms with E-state index in [9.17, 15) is 0 Å². The Morgan fingerprint density at radius 1 is 0.528 bits per heavy atom. The Hall–Kier alpha value is -3.42. The van der Waals surface area contributed by atoms with E-state index in [1.54, 1.807) is 32.7 Å². The molecule has 0 spiro atoms. The second kappa shape index (κ2) is 15.4. The van der Waals surface area contributed by atoms with Crippen LogP contribution >= 0.6 is 0 Å². The first kappa shape index (κ1) is 36.5. The van der Waals surface area contributed by atoms with Crippen molar-refractivity contribution in [2.45, 2.75) is 130 Å². The fraction of sp³-hybridized carbons (Fsp3) is 0.423. The fourth-order valence-corrected chi connectivity index (χ4v) is 14.7. The molecule has 0 amide bonds. The third kappa shape index (κ3) is 7.01. The molecule has 1 heteroatoms. The molecular formula is C52H62Si. The molecular weight excluding hydrogens is 653 g/mol. The Labute approximate surface area is 323 Å². The zero-order valence-corrected chi connectivity index (χ0v) is 34.5. The minimum Gasteiger partial charge on any atom is -0.0648 e. The zero-order valence-electron chi connectivity index (χ0n) is 33.5. The van der Waals surface area contributed by atoms with Crippen LogP contribution in [0.5, 0.6) is 0 Å². The highest BCUT2D eigenvalue weighted by Gasteiger charge is 2.44. The maximum Gasteiger partial charge on any atom is 0.113 e. The number of fused-ring (bicyclic) bond motifs is 2. The third-order valence-electron chi connectivity index (χ3n) is 14.0. The molecule has 0 aliphatic heterocycles. The Morgan fingerprint density at radius 3 is 1.26 bits per heavy atom. The fourth-order valence-electron chi connectivity index (χ4n) is 10.6. The molecule has 2 unspecified atom stereocenters. The van der Waals surface area contributed by atoms with E-state index >= 15 is 0 Å². The second-order valence-corrected chi connectivity index (χ2v) is 22.1. The van der Waals surface area contributed by atoms with Gasteiger partial charge in [0.15, 0.2) is 0 Å². The third-order valence-corrected chi connectivity index (χ3v) is 17.7. The van der Waals surface area contributed by atoms with Crippen LogP contribution in [0.15, 0.2) is 96.1 Å². The molecule has 0 N–H and O–H groups in total. The van der Waals surface area contributed by atoms with E-state index in [0.29, 0.717) is 11.8 Å². The molecule has 2 fully saturated rings. The van der Waals surface area contributed by atoms with E-state index in [2.05, 4.69) is 139 Å². The summed E-state index contributed by atoms with van der Waals surface area (Å²) in [6.07, 6.45) is 21.2. The monoisotopic (exact) mass is 714 g/mol. The minimum atomic E-state index is -2.31. The summed E-state index contributed by atoms with van der Waals surface area (Å²) in [5, 5.41) is 3.45. The van der Waals surface area contributed by atoms with Crippen LogP contribution in [0.4, 0.5) is 0 Å². The highest BCUT2D eigenvalue weighted by Crippen LogP contribution is 2.56. The SMILES string of the molecule is CCC(C)c1ccc(-c2cccc3c2C([Si](C)(C)C2=C(CC4CCCC4)[CH]c4cccc(-c5ccc(C(C)CC)cc5)c42)=C(CC2CCCC2)[CH]3)cc1. The molecule has 0 saturated heterocycles. The lowest BCUT2D eigenvalue weighted by Gasteiger charge is -2.33. The molecule has 2 atom stereocenters. The molecule has 4 aromatic carbocycles. The van der Waals surface area contributed by atoms with Crippen molar-refractivity contribution in [3.8, 4) is 22.3 Å². The molecule has 0 heterocycles. The van der Waals surface area contributed by atoms with Crippen molar-refractivity contribution in [3.05, 3.63) is 142 Å². The van der Waals surface area contributed by atoms with Gasteiger partial charge in [-0.1, -0.05) is 188 Å². The second-order valence-electron chi connectivity index (χ2n) is 17.8.